The Balaban J connectivity index is 2.04. The van der Waals surface area contributed by atoms with Gasteiger partial charge in [-0.15, -0.1) is 5.10 Å². The predicted molar refractivity (Wildman–Crippen MR) is 63.6 cm³/mol. The largest absolute Gasteiger partial charge is 0.383 e. The van der Waals surface area contributed by atoms with Crippen LogP contribution in [0, 0.1) is 0 Å². The first-order chi connectivity index (χ1) is 8.79. The SMILES string of the molecule is Nc1c(C=O)cnc2nc(N3CCOCC3)nn12. The Kier molecular flexibility index (Phi) is 2.56. The van der Waals surface area contributed by atoms with Crippen molar-refractivity contribution in [2.24, 2.45) is 0 Å². The van der Waals surface area contributed by atoms with Gasteiger partial charge >= 0.3 is 0 Å². The summed E-state index contributed by atoms with van der Waals surface area (Å²) >= 11 is 0. The summed E-state index contributed by atoms with van der Waals surface area (Å²) in [6, 6.07) is 0. The number of hydrogen-bond donors (Lipinski definition) is 1. The van der Waals surface area contributed by atoms with Gasteiger partial charge < -0.3 is 15.4 Å². The molecule has 8 heteroatoms. The summed E-state index contributed by atoms with van der Waals surface area (Å²) in [7, 11) is 0. The van der Waals surface area contributed by atoms with Gasteiger partial charge in [0.15, 0.2) is 6.29 Å². The molecule has 1 aliphatic heterocycles. The summed E-state index contributed by atoms with van der Waals surface area (Å²) in [5.41, 5.74) is 6.12. The molecule has 2 N–H and O–H groups in total. The van der Waals surface area contributed by atoms with Gasteiger partial charge in [-0.2, -0.15) is 9.50 Å². The van der Waals surface area contributed by atoms with Gasteiger partial charge in [0.2, 0.25) is 5.95 Å². The van der Waals surface area contributed by atoms with Crippen LogP contribution in [0.5, 0.6) is 0 Å². The van der Waals surface area contributed by atoms with Gasteiger partial charge in [0.1, 0.15) is 5.82 Å². The Hall–Kier alpha value is -2.22. The van der Waals surface area contributed by atoms with Crippen molar-refractivity contribution in [2.45, 2.75) is 0 Å². The van der Waals surface area contributed by atoms with E-state index in [9.17, 15) is 4.79 Å². The van der Waals surface area contributed by atoms with E-state index < -0.39 is 0 Å². The number of nitrogen functional groups attached to an aromatic ring is 1. The maximum atomic E-state index is 10.8. The molecular weight excluding hydrogens is 236 g/mol. The number of rotatable bonds is 2. The normalized spacial score (nSPS) is 16.1. The van der Waals surface area contributed by atoms with Crippen LogP contribution in [-0.2, 0) is 4.74 Å². The summed E-state index contributed by atoms with van der Waals surface area (Å²) < 4.78 is 6.65. The molecule has 0 aliphatic carbocycles. The van der Waals surface area contributed by atoms with Crippen LogP contribution in [0.1, 0.15) is 10.4 Å². The Labute approximate surface area is 102 Å². The maximum Gasteiger partial charge on any atom is 0.255 e. The molecule has 0 amide bonds. The van der Waals surface area contributed by atoms with Crippen molar-refractivity contribution in [3.8, 4) is 0 Å². The summed E-state index contributed by atoms with van der Waals surface area (Å²) in [4.78, 5) is 21.1. The quantitative estimate of drug-likeness (QED) is 0.705. The van der Waals surface area contributed by atoms with Crippen molar-refractivity contribution in [1.29, 1.82) is 0 Å². The molecule has 0 aromatic carbocycles. The van der Waals surface area contributed by atoms with Crippen LogP contribution in [0.15, 0.2) is 6.20 Å². The molecule has 0 unspecified atom stereocenters. The molecule has 0 spiro atoms. The smallest absolute Gasteiger partial charge is 0.255 e. The average molecular weight is 248 g/mol. The number of morpholine rings is 1. The molecule has 1 saturated heterocycles. The van der Waals surface area contributed by atoms with Crippen LogP contribution in [0.4, 0.5) is 11.8 Å². The van der Waals surface area contributed by atoms with Gasteiger partial charge in [0, 0.05) is 19.3 Å². The summed E-state index contributed by atoms with van der Waals surface area (Å²) in [5, 5.41) is 4.27. The molecule has 0 atom stereocenters. The van der Waals surface area contributed by atoms with E-state index in [1.54, 1.807) is 0 Å². The minimum absolute atomic E-state index is 0.252. The number of carbonyl (C=O) groups is 1. The molecule has 3 rings (SSSR count). The first kappa shape index (κ1) is 10.9. The Morgan fingerprint density at radius 3 is 2.89 bits per heavy atom. The van der Waals surface area contributed by atoms with E-state index in [0.29, 0.717) is 36.8 Å². The topological polar surface area (TPSA) is 98.6 Å². The first-order valence-electron chi connectivity index (χ1n) is 5.58. The second kappa shape index (κ2) is 4.22. The highest BCUT2D eigenvalue weighted by atomic mass is 16.5. The van der Waals surface area contributed by atoms with Crippen LogP contribution in [0.3, 0.4) is 0 Å². The standard InChI is InChI=1S/C10H12N6O2/c11-8-7(6-17)5-12-9-13-10(14-16(8)9)15-1-3-18-4-2-15/h5-6H,1-4,11H2. The molecule has 18 heavy (non-hydrogen) atoms. The number of aromatic nitrogens is 4. The van der Waals surface area contributed by atoms with Gasteiger partial charge in [-0.25, -0.2) is 4.98 Å². The highest BCUT2D eigenvalue weighted by Crippen LogP contribution is 2.15. The zero-order valence-electron chi connectivity index (χ0n) is 9.61. The molecule has 1 aliphatic rings. The second-order valence-electron chi connectivity index (χ2n) is 3.94. The fraction of sp³-hybridized carbons (Fsp3) is 0.400. The van der Waals surface area contributed by atoms with E-state index in [1.165, 1.54) is 10.7 Å². The highest BCUT2D eigenvalue weighted by Gasteiger charge is 2.17. The molecule has 0 bridgehead atoms. The highest BCUT2D eigenvalue weighted by molar-refractivity contribution is 5.81. The lowest BCUT2D eigenvalue weighted by Crippen LogP contribution is -2.36. The van der Waals surface area contributed by atoms with Crippen LogP contribution in [0.25, 0.3) is 5.78 Å². The number of anilines is 2. The van der Waals surface area contributed by atoms with Crippen molar-refractivity contribution >= 4 is 23.8 Å². The van der Waals surface area contributed by atoms with Crippen LogP contribution >= 0.6 is 0 Å². The van der Waals surface area contributed by atoms with E-state index in [4.69, 9.17) is 10.5 Å². The third-order valence-corrected chi connectivity index (χ3v) is 2.84. The zero-order chi connectivity index (χ0) is 12.5. The van der Waals surface area contributed by atoms with E-state index in [1.807, 2.05) is 4.90 Å². The maximum absolute atomic E-state index is 10.8. The monoisotopic (exact) mass is 248 g/mol. The molecular formula is C10H12N6O2. The summed E-state index contributed by atoms with van der Waals surface area (Å²) in [5.74, 6) is 1.20. The molecule has 0 saturated carbocycles. The van der Waals surface area contributed by atoms with Crippen molar-refractivity contribution in [2.75, 3.05) is 36.9 Å². The molecule has 94 valence electrons. The second-order valence-corrected chi connectivity index (χ2v) is 3.94. The van der Waals surface area contributed by atoms with E-state index in [0.717, 1.165) is 13.1 Å². The molecule has 2 aromatic rings. The van der Waals surface area contributed by atoms with Crippen LogP contribution in [0.2, 0.25) is 0 Å². The van der Waals surface area contributed by atoms with Crippen molar-refractivity contribution < 1.29 is 9.53 Å². The molecule has 2 aromatic heterocycles. The van der Waals surface area contributed by atoms with Gasteiger partial charge in [0.25, 0.3) is 5.78 Å². The fourth-order valence-electron chi connectivity index (χ4n) is 1.84. The lowest BCUT2D eigenvalue weighted by atomic mass is 10.3. The third kappa shape index (κ3) is 1.66. The van der Waals surface area contributed by atoms with Gasteiger partial charge in [-0.1, -0.05) is 0 Å². The number of nitrogens with two attached hydrogens (primary N) is 1. The summed E-state index contributed by atoms with van der Waals surface area (Å²) in [6.45, 7) is 2.77. The van der Waals surface area contributed by atoms with Crippen molar-refractivity contribution in [1.82, 2.24) is 19.6 Å². The minimum Gasteiger partial charge on any atom is -0.383 e. The van der Waals surface area contributed by atoms with Crippen LogP contribution < -0.4 is 10.6 Å². The number of aldehydes is 1. The average Bonchev–Trinajstić information content (AvgIpc) is 2.85. The lowest BCUT2D eigenvalue weighted by molar-refractivity contribution is 0.112. The predicted octanol–water partition coefficient (Wildman–Crippen LogP) is -0.644. The minimum atomic E-state index is 0.252. The Morgan fingerprint density at radius 2 is 2.17 bits per heavy atom. The van der Waals surface area contributed by atoms with Gasteiger partial charge in [-0.05, 0) is 0 Å². The van der Waals surface area contributed by atoms with E-state index in [-0.39, 0.29) is 5.82 Å². The zero-order valence-corrected chi connectivity index (χ0v) is 9.61. The van der Waals surface area contributed by atoms with Crippen molar-refractivity contribution in [3.63, 3.8) is 0 Å². The molecule has 3 heterocycles. The fourth-order valence-corrected chi connectivity index (χ4v) is 1.84. The van der Waals surface area contributed by atoms with Crippen molar-refractivity contribution in [3.05, 3.63) is 11.8 Å². The Bertz CT molecular complexity index is 589. The summed E-state index contributed by atoms with van der Waals surface area (Å²) in [6.07, 6.45) is 2.05. The Morgan fingerprint density at radius 1 is 1.39 bits per heavy atom. The molecule has 8 nitrogen and oxygen atoms in total. The number of ether oxygens (including phenoxy) is 1. The van der Waals surface area contributed by atoms with E-state index in [2.05, 4.69) is 15.1 Å². The number of fused-ring (bicyclic) bond motifs is 1. The van der Waals surface area contributed by atoms with E-state index >= 15 is 0 Å². The van der Waals surface area contributed by atoms with Crippen LogP contribution in [-0.4, -0.2) is 52.2 Å². The van der Waals surface area contributed by atoms with Gasteiger partial charge in [-0.3, -0.25) is 4.79 Å². The number of nitrogens with zero attached hydrogens (tertiary/aromatic N) is 5. The third-order valence-electron chi connectivity index (χ3n) is 2.84. The lowest BCUT2D eigenvalue weighted by Gasteiger charge is -2.25. The number of carbonyl (C=O) groups excluding carboxylic acids is 1. The molecule has 0 radical (unpaired) electrons. The first-order valence-corrected chi connectivity index (χ1v) is 5.58. The van der Waals surface area contributed by atoms with Gasteiger partial charge in [0.05, 0.1) is 18.8 Å². The number of hydrogen-bond acceptors (Lipinski definition) is 7. The molecule has 1 fully saturated rings.